The van der Waals surface area contributed by atoms with Crippen LogP contribution in [-0.2, 0) is 0 Å². The Bertz CT molecular complexity index is 597. The molecule has 0 aliphatic carbocycles. The minimum atomic E-state index is -2.87. The van der Waals surface area contributed by atoms with Gasteiger partial charge >= 0.3 is 6.61 Å². The number of halogens is 2. The van der Waals surface area contributed by atoms with E-state index in [9.17, 15) is 13.9 Å². The van der Waals surface area contributed by atoms with Crippen molar-refractivity contribution in [3.63, 3.8) is 0 Å². The first kappa shape index (κ1) is 14.5. The quantitative estimate of drug-likeness (QED) is 0.916. The van der Waals surface area contributed by atoms with Crippen LogP contribution in [0.2, 0.25) is 0 Å². The van der Waals surface area contributed by atoms with Gasteiger partial charge in [-0.2, -0.15) is 8.78 Å². The maximum atomic E-state index is 12.2. The van der Waals surface area contributed by atoms with Crippen molar-refractivity contribution in [1.82, 2.24) is 0 Å². The number of benzene rings is 2. The third-order valence-electron chi connectivity index (χ3n) is 3.13. The molecule has 0 heterocycles. The first-order valence-electron chi connectivity index (χ1n) is 6.27. The van der Waals surface area contributed by atoms with E-state index < -0.39 is 12.7 Å². The molecule has 0 fully saturated rings. The summed E-state index contributed by atoms with van der Waals surface area (Å²) in [4.78, 5) is 0. The molecule has 0 amide bonds. The summed E-state index contributed by atoms with van der Waals surface area (Å²) in [6.07, 6.45) is -0.865. The fraction of sp³-hybridized carbons (Fsp3) is 0.250. The highest BCUT2D eigenvalue weighted by molar-refractivity contribution is 5.40. The monoisotopic (exact) mass is 278 g/mol. The molecular weight excluding hydrogens is 262 g/mol. The van der Waals surface area contributed by atoms with Crippen molar-refractivity contribution >= 4 is 0 Å². The highest BCUT2D eigenvalue weighted by Crippen LogP contribution is 2.28. The number of aliphatic hydroxyl groups excluding tert-OH is 1. The normalized spacial score (nSPS) is 12.5. The number of alkyl halides is 2. The lowest BCUT2D eigenvalue weighted by Gasteiger charge is -2.16. The van der Waals surface area contributed by atoms with Gasteiger partial charge in [0.05, 0.1) is 0 Å². The molecule has 0 saturated carbocycles. The Kier molecular flexibility index (Phi) is 4.35. The number of ether oxygens (including phenoxy) is 1. The highest BCUT2D eigenvalue weighted by Gasteiger charge is 2.14. The van der Waals surface area contributed by atoms with Gasteiger partial charge in [0, 0.05) is 0 Å². The Morgan fingerprint density at radius 1 is 1.05 bits per heavy atom. The van der Waals surface area contributed by atoms with E-state index in [-0.39, 0.29) is 5.75 Å². The molecule has 20 heavy (non-hydrogen) atoms. The Labute approximate surface area is 116 Å². The van der Waals surface area contributed by atoms with Crippen LogP contribution in [0, 0.1) is 13.8 Å². The predicted octanol–water partition coefficient (Wildman–Crippen LogP) is 3.99. The first-order valence-corrected chi connectivity index (χ1v) is 6.27. The van der Waals surface area contributed by atoms with Crippen molar-refractivity contribution in [3.8, 4) is 5.75 Å². The third kappa shape index (κ3) is 3.33. The van der Waals surface area contributed by atoms with E-state index in [1.165, 1.54) is 12.1 Å². The van der Waals surface area contributed by atoms with Crippen molar-refractivity contribution in [2.75, 3.05) is 0 Å². The standard InChI is InChI=1S/C16H16F2O2/c1-10-6-7-11(2)14(8-10)15(19)12-4-3-5-13(9-12)20-16(17)18/h3-9,15-16,19H,1-2H3. The van der Waals surface area contributed by atoms with Crippen molar-refractivity contribution in [2.45, 2.75) is 26.6 Å². The topological polar surface area (TPSA) is 29.5 Å². The maximum absolute atomic E-state index is 12.2. The molecule has 0 aliphatic rings. The van der Waals surface area contributed by atoms with E-state index in [0.29, 0.717) is 5.56 Å². The molecule has 2 aromatic carbocycles. The Morgan fingerprint density at radius 2 is 1.80 bits per heavy atom. The molecule has 0 spiro atoms. The Morgan fingerprint density at radius 3 is 2.50 bits per heavy atom. The molecule has 0 saturated heterocycles. The van der Waals surface area contributed by atoms with Crippen molar-refractivity contribution < 1.29 is 18.6 Å². The second-order valence-corrected chi connectivity index (χ2v) is 4.71. The van der Waals surface area contributed by atoms with Crippen LogP contribution in [0.1, 0.15) is 28.4 Å². The summed E-state index contributed by atoms with van der Waals surface area (Å²) < 4.78 is 28.8. The van der Waals surface area contributed by atoms with Gasteiger partial charge < -0.3 is 9.84 Å². The van der Waals surface area contributed by atoms with E-state index in [1.807, 2.05) is 32.0 Å². The van der Waals surface area contributed by atoms with Crippen molar-refractivity contribution in [1.29, 1.82) is 0 Å². The van der Waals surface area contributed by atoms with Gasteiger partial charge in [0.1, 0.15) is 11.9 Å². The van der Waals surface area contributed by atoms with Crippen LogP contribution in [0.25, 0.3) is 0 Å². The van der Waals surface area contributed by atoms with Gasteiger partial charge in [-0.1, -0.05) is 35.9 Å². The summed E-state index contributed by atoms with van der Waals surface area (Å²) in [5.74, 6) is 0.0434. The fourth-order valence-electron chi connectivity index (χ4n) is 2.09. The molecule has 1 N–H and O–H groups in total. The summed E-state index contributed by atoms with van der Waals surface area (Å²) >= 11 is 0. The lowest BCUT2D eigenvalue weighted by atomic mass is 9.96. The van der Waals surface area contributed by atoms with Crippen LogP contribution in [-0.4, -0.2) is 11.7 Å². The van der Waals surface area contributed by atoms with Crippen LogP contribution in [0.4, 0.5) is 8.78 Å². The maximum Gasteiger partial charge on any atom is 0.387 e. The molecule has 1 unspecified atom stereocenters. The zero-order chi connectivity index (χ0) is 14.7. The zero-order valence-electron chi connectivity index (χ0n) is 11.3. The van der Waals surface area contributed by atoms with Gasteiger partial charge in [-0.05, 0) is 42.7 Å². The fourth-order valence-corrected chi connectivity index (χ4v) is 2.09. The highest BCUT2D eigenvalue weighted by atomic mass is 19.3. The minimum Gasteiger partial charge on any atom is -0.435 e. The third-order valence-corrected chi connectivity index (χ3v) is 3.13. The minimum absolute atomic E-state index is 0.0434. The summed E-state index contributed by atoms with van der Waals surface area (Å²) in [6, 6.07) is 11.9. The number of hydrogen-bond donors (Lipinski definition) is 1. The molecule has 2 rings (SSSR count). The predicted molar refractivity (Wildman–Crippen MR) is 73.1 cm³/mol. The second-order valence-electron chi connectivity index (χ2n) is 4.71. The summed E-state index contributed by atoms with van der Waals surface area (Å²) in [5.41, 5.74) is 3.27. The molecule has 1 atom stereocenters. The number of aryl methyl sites for hydroxylation is 2. The summed E-state index contributed by atoms with van der Waals surface area (Å²) in [5, 5.41) is 10.4. The number of aliphatic hydroxyl groups is 1. The Balaban J connectivity index is 2.33. The van der Waals surface area contributed by atoms with Crippen LogP contribution >= 0.6 is 0 Å². The van der Waals surface area contributed by atoms with E-state index in [2.05, 4.69) is 4.74 Å². The molecule has 0 radical (unpaired) electrons. The molecule has 0 bridgehead atoms. The molecule has 106 valence electrons. The van der Waals surface area contributed by atoms with Gasteiger partial charge in [-0.3, -0.25) is 0 Å². The van der Waals surface area contributed by atoms with Crippen LogP contribution in [0.3, 0.4) is 0 Å². The number of hydrogen-bond acceptors (Lipinski definition) is 2. The summed E-state index contributed by atoms with van der Waals surface area (Å²) in [6.45, 7) is 0.965. The molecule has 0 aliphatic heterocycles. The van der Waals surface area contributed by atoms with Crippen LogP contribution in [0.5, 0.6) is 5.75 Å². The van der Waals surface area contributed by atoms with Crippen molar-refractivity contribution in [2.24, 2.45) is 0 Å². The van der Waals surface area contributed by atoms with Gasteiger partial charge in [-0.15, -0.1) is 0 Å². The SMILES string of the molecule is Cc1ccc(C)c(C(O)c2cccc(OC(F)F)c2)c1. The number of rotatable bonds is 4. The smallest absolute Gasteiger partial charge is 0.387 e. The first-order chi connectivity index (χ1) is 9.47. The lowest BCUT2D eigenvalue weighted by Crippen LogP contribution is -2.05. The van der Waals surface area contributed by atoms with Gasteiger partial charge in [0.25, 0.3) is 0 Å². The average molecular weight is 278 g/mol. The van der Waals surface area contributed by atoms with E-state index in [0.717, 1.165) is 16.7 Å². The molecule has 0 aromatic heterocycles. The zero-order valence-corrected chi connectivity index (χ0v) is 11.3. The average Bonchev–Trinajstić information content (AvgIpc) is 2.40. The van der Waals surface area contributed by atoms with Gasteiger partial charge in [-0.25, -0.2) is 0 Å². The van der Waals surface area contributed by atoms with Gasteiger partial charge in [0.2, 0.25) is 0 Å². The van der Waals surface area contributed by atoms with E-state index >= 15 is 0 Å². The lowest BCUT2D eigenvalue weighted by molar-refractivity contribution is -0.0499. The van der Waals surface area contributed by atoms with E-state index in [4.69, 9.17) is 0 Å². The molecule has 2 nitrogen and oxygen atoms in total. The largest absolute Gasteiger partial charge is 0.435 e. The summed E-state index contributed by atoms with van der Waals surface area (Å²) in [7, 11) is 0. The molecular formula is C16H16F2O2. The van der Waals surface area contributed by atoms with E-state index in [1.54, 1.807) is 12.1 Å². The Hall–Kier alpha value is -1.94. The van der Waals surface area contributed by atoms with Crippen LogP contribution < -0.4 is 4.74 Å². The molecule has 2 aromatic rings. The second kappa shape index (κ2) is 6.01. The van der Waals surface area contributed by atoms with Gasteiger partial charge in [0.15, 0.2) is 0 Å². The van der Waals surface area contributed by atoms with Crippen molar-refractivity contribution in [3.05, 3.63) is 64.7 Å². The van der Waals surface area contributed by atoms with Crippen LogP contribution in [0.15, 0.2) is 42.5 Å². The molecule has 4 heteroatoms.